The molecule has 2 heterocycles. The Kier molecular flexibility index (Phi) is 7.97. The molecule has 162 valence electrons. The fraction of sp³-hybridized carbons (Fsp3) is 0.895. The molecular formula is C19H36N4O4S. The van der Waals surface area contributed by atoms with Crippen molar-refractivity contribution in [1.29, 1.82) is 0 Å². The molecule has 2 atom stereocenters. The highest BCUT2D eigenvalue weighted by Crippen LogP contribution is 2.21. The molecule has 0 aromatic carbocycles. The second-order valence-corrected chi connectivity index (χ2v) is 11.0. The molecule has 0 aromatic heterocycles. The number of guanidine groups is 1. The fourth-order valence-electron chi connectivity index (χ4n) is 3.57. The number of aliphatic imine (C=N–C) groups is 1. The highest BCUT2D eigenvalue weighted by Gasteiger charge is 2.29. The summed E-state index contributed by atoms with van der Waals surface area (Å²) in [4.78, 5) is 18.7. The van der Waals surface area contributed by atoms with E-state index < -0.39 is 15.4 Å². The van der Waals surface area contributed by atoms with Crippen LogP contribution in [0.4, 0.5) is 4.79 Å². The highest BCUT2D eigenvalue weighted by molar-refractivity contribution is 7.91. The molecule has 2 rings (SSSR count). The molecule has 0 spiro atoms. The van der Waals surface area contributed by atoms with E-state index in [1.807, 2.05) is 27.7 Å². The Hall–Kier alpha value is -1.51. The first-order chi connectivity index (χ1) is 13.1. The molecular weight excluding hydrogens is 380 g/mol. The van der Waals surface area contributed by atoms with Gasteiger partial charge in [-0.05, 0) is 59.3 Å². The number of nitrogens with zero attached hydrogens (tertiary/aromatic N) is 2. The van der Waals surface area contributed by atoms with E-state index in [1.54, 1.807) is 4.90 Å². The number of ether oxygens (including phenoxy) is 1. The van der Waals surface area contributed by atoms with E-state index in [4.69, 9.17) is 4.74 Å². The van der Waals surface area contributed by atoms with Crippen LogP contribution in [-0.2, 0) is 14.6 Å². The van der Waals surface area contributed by atoms with Crippen LogP contribution < -0.4 is 10.6 Å². The number of likely N-dealkylation sites (tertiary alicyclic amines) is 1. The lowest BCUT2D eigenvalue weighted by Crippen LogP contribution is -2.44. The SMILES string of the molecule is CCNC(=NCCC1CCCN(C(=O)OC(C)(C)C)C1)NC1CCS(=O)(=O)C1. The van der Waals surface area contributed by atoms with Crippen molar-refractivity contribution in [3.8, 4) is 0 Å². The topological polar surface area (TPSA) is 100 Å². The average molecular weight is 417 g/mol. The molecule has 8 nitrogen and oxygen atoms in total. The second-order valence-electron chi connectivity index (χ2n) is 8.73. The minimum absolute atomic E-state index is 0.0693. The summed E-state index contributed by atoms with van der Waals surface area (Å²) in [5.41, 5.74) is -0.478. The standard InChI is InChI=1S/C19H36N4O4S/c1-5-20-17(22-16-9-12-28(25,26)14-16)21-10-8-15-7-6-11-23(13-15)18(24)27-19(2,3)4/h15-16H,5-14H2,1-4H3,(H2,20,21,22). The van der Waals surface area contributed by atoms with Crippen molar-refractivity contribution in [2.75, 3.05) is 37.7 Å². The van der Waals surface area contributed by atoms with Gasteiger partial charge in [0, 0.05) is 32.2 Å². The smallest absolute Gasteiger partial charge is 0.410 e. The number of rotatable bonds is 5. The van der Waals surface area contributed by atoms with E-state index in [2.05, 4.69) is 15.6 Å². The Labute approximate surface area is 169 Å². The van der Waals surface area contributed by atoms with Crippen molar-refractivity contribution in [3.05, 3.63) is 0 Å². The van der Waals surface area contributed by atoms with E-state index in [-0.39, 0.29) is 23.6 Å². The molecule has 2 aliphatic heterocycles. The Balaban J connectivity index is 1.82. The van der Waals surface area contributed by atoms with Crippen molar-refractivity contribution in [2.45, 2.75) is 65.0 Å². The highest BCUT2D eigenvalue weighted by atomic mass is 32.2. The Morgan fingerprint density at radius 1 is 1.29 bits per heavy atom. The van der Waals surface area contributed by atoms with Gasteiger partial charge in [0.15, 0.2) is 15.8 Å². The number of nitrogens with one attached hydrogen (secondary N) is 2. The normalized spacial score (nSPS) is 25.4. The first-order valence-corrected chi connectivity index (χ1v) is 12.1. The summed E-state index contributed by atoms with van der Waals surface area (Å²) in [6, 6.07) is -0.0693. The van der Waals surface area contributed by atoms with Gasteiger partial charge in [-0.1, -0.05) is 0 Å². The first-order valence-electron chi connectivity index (χ1n) is 10.3. The van der Waals surface area contributed by atoms with Gasteiger partial charge in [-0.25, -0.2) is 13.2 Å². The molecule has 2 N–H and O–H groups in total. The molecule has 1 amide bonds. The number of sulfone groups is 1. The molecule has 2 fully saturated rings. The van der Waals surface area contributed by atoms with Crippen LogP contribution in [0.2, 0.25) is 0 Å². The Morgan fingerprint density at radius 2 is 2.04 bits per heavy atom. The maximum Gasteiger partial charge on any atom is 0.410 e. The van der Waals surface area contributed by atoms with E-state index in [0.717, 1.165) is 32.4 Å². The van der Waals surface area contributed by atoms with Gasteiger partial charge in [0.2, 0.25) is 0 Å². The summed E-state index contributed by atoms with van der Waals surface area (Å²) in [5, 5.41) is 6.43. The van der Waals surface area contributed by atoms with E-state index in [9.17, 15) is 13.2 Å². The van der Waals surface area contributed by atoms with Crippen LogP contribution in [0.15, 0.2) is 4.99 Å². The van der Waals surface area contributed by atoms with E-state index >= 15 is 0 Å². The van der Waals surface area contributed by atoms with Gasteiger partial charge >= 0.3 is 6.09 Å². The third kappa shape index (κ3) is 7.85. The zero-order chi connectivity index (χ0) is 20.8. The van der Waals surface area contributed by atoms with Gasteiger partial charge in [0.25, 0.3) is 0 Å². The van der Waals surface area contributed by atoms with Gasteiger partial charge in [-0.2, -0.15) is 0 Å². The summed E-state index contributed by atoms with van der Waals surface area (Å²) in [6.45, 7) is 10.4. The van der Waals surface area contributed by atoms with Crippen molar-refractivity contribution < 1.29 is 17.9 Å². The zero-order valence-corrected chi connectivity index (χ0v) is 18.5. The molecule has 0 bridgehead atoms. The minimum atomic E-state index is -2.92. The van der Waals surface area contributed by atoms with Crippen LogP contribution in [0, 0.1) is 5.92 Å². The van der Waals surface area contributed by atoms with Gasteiger partial charge in [-0.3, -0.25) is 4.99 Å². The number of carbonyl (C=O) groups is 1. The van der Waals surface area contributed by atoms with Crippen LogP contribution in [0.5, 0.6) is 0 Å². The van der Waals surface area contributed by atoms with Gasteiger partial charge in [0.1, 0.15) is 5.60 Å². The molecule has 2 aliphatic rings. The molecule has 2 saturated heterocycles. The number of piperidine rings is 1. The quantitative estimate of drug-likeness (QED) is 0.523. The van der Waals surface area contributed by atoms with Gasteiger partial charge < -0.3 is 20.3 Å². The van der Waals surface area contributed by atoms with Gasteiger partial charge in [-0.15, -0.1) is 0 Å². The van der Waals surface area contributed by atoms with Crippen LogP contribution in [0.1, 0.15) is 53.4 Å². The predicted octanol–water partition coefficient (Wildman–Crippen LogP) is 1.77. The van der Waals surface area contributed by atoms with Crippen LogP contribution >= 0.6 is 0 Å². The number of hydrogen-bond donors (Lipinski definition) is 2. The molecule has 0 saturated carbocycles. The van der Waals surface area contributed by atoms with Crippen LogP contribution in [-0.4, -0.2) is 74.7 Å². The minimum Gasteiger partial charge on any atom is -0.444 e. The van der Waals surface area contributed by atoms with Crippen molar-refractivity contribution in [2.24, 2.45) is 10.9 Å². The molecule has 0 aliphatic carbocycles. The van der Waals surface area contributed by atoms with Crippen LogP contribution in [0.25, 0.3) is 0 Å². The third-order valence-electron chi connectivity index (χ3n) is 4.90. The van der Waals surface area contributed by atoms with E-state index in [1.165, 1.54) is 0 Å². The molecule has 9 heteroatoms. The summed E-state index contributed by atoms with van der Waals surface area (Å²) in [6.07, 6.45) is 3.34. The van der Waals surface area contributed by atoms with Crippen molar-refractivity contribution >= 4 is 21.9 Å². The Morgan fingerprint density at radius 3 is 2.64 bits per heavy atom. The molecule has 2 unspecified atom stereocenters. The summed E-state index contributed by atoms with van der Waals surface area (Å²) < 4.78 is 28.7. The molecule has 28 heavy (non-hydrogen) atoms. The second kappa shape index (κ2) is 9.80. The van der Waals surface area contributed by atoms with Gasteiger partial charge in [0.05, 0.1) is 11.5 Å². The Bertz CT molecular complexity index is 657. The summed E-state index contributed by atoms with van der Waals surface area (Å²) in [7, 11) is -2.92. The lowest BCUT2D eigenvalue weighted by Gasteiger charge is -2.34. The summed E-state index contributed by atoms with van der Waals surface area (Å²) in [5.74, 6) is 1.49. The van der Waals surface area contributed by atoms with Crippen LogP contribution in [0.3, 0.4) is 0 Å². The lowest BCUT2D eigenvalue weighted by atomic mass is 9.95. The zero-order valence-electron chi connectivity index (χ0n) is 17.7. The largest absolute Gasteiger partial charge is 0.444 e. The monoisotopic (exact) mass is 416 g/mol. The first kappa shape index (κ1) is 22.8. The van der Waals surface area contributed by atoms with Crippen molar-refractivity contribution in [3.63, 3.8) is 0 Å². The van der Waals surface area contributed by atoms with Crippen molar-refractivity contribution in [1.82, 2.24) is 15.5 Å². The van der Waals surface area contributed by atoms with E-state index in [0.29, 0.717) is 31.4 Å². The number of amides is 1. The average Bonchev–Trinajstić information content (AvgIpc) is 2.92. The summed E-state index contributed by atoms with van der Waals surface area (Å²) >= 11 is 0. The maximum atomic E-state index is 12.3. The number of carbonyl (C=O) groups excluding carboxylic acids is 1. The third-order valence-corrected chi connectivity index (χ3v) is 6.66. The fourth-order valence-corrected chi connectivity index (χ4v) is 5.25. The predicted molar refractivity (Wildman–Crippen MR) is 111 cm³/mol. The lowest BCUT2D eigenvalue weighted by molar-refractivity contribution is 0.0163. The molecule has 0 radical (unpaired) electrons. The maximum absolute atomic E-state index is 12.3. The number of hydrogen-bond acceptors (Lipinski definition) is 5. The molecule has 0 aromatic rings.